The van der Waals surface area contributed by atoms with Crippen molar-refractivity contribution in [1.82, 2.24) is 10.1 Å². The fraction of sp³-hybridized carbons (Fsp3) is 0.167. The Labute approximate surface area is 161 Å². The molecule has 1 amide bonds. The van der Waals surface area contributed by atoms with Gasteiger partial charge in [0.2, 0.25) is 17.6 Å². The van der Waals surface area contributed by atoms with Gasteiger partial charge in [-0.25, -0.2) is 4.39 Å². The number of anilines is 1. The Balaban J connectivity index is 1.58. The number of amides is 1. The summed E-state index contributed by atoms with van der Waals surface area (Å²) in [6, 6.07) is 11.5. The van der Waals surface area contributed by atoms with Crippen molar-refractivity contribution in [1.29, 1.82) is 0 Å². The Hall–Kier alpha value is -2.25. The van der Waals surface area contributed by atoms with E-state index in [9.17, 15) is 9.18 Å². The first-order valence-electron chi connectivity index (χ1n) is 7.86. The quantitative estimate of drug-likeness (QED) is 0.591. The number of aromatic nitrogens is 2. The number of benzene rings is 2. The van der Waals surface area contributed by atoms with Crippen LogP contribution in [-0.4, -0.2) is 22.6 Å². The molecule has 1 aromatic heterocycles. The fourth-order valence-electron chi connectivity index (χ4n) is 2.92. The predicted molar refractivity (Wildman–Crippen MR) is 98.6 cm³/mol. The molecule has 0 radical (unpaired) electrons. The van der Waals surface area contributed by atoms with Gasteiger partial charge < -0.3 is 9.42 Å². The highest BCUT2D eigenvalue weighted by molar-refractivity contribution is 9.10. The molecular weight excluding hydrogens is 425 g/mol. The van der Waals surface area contributed by atoms with Crippen LogP contribution < -0.4 is 4.90 Å². The SMILES string of the molecule is O=C1CC(c2nc(-c3ccc(Br)cc3)no2)CN1c1cc(F)ccc1Cl. The topological polar surface area (TPSA) is 59.2 Å². The van der Waals surface area contributed by atoms with Crippen LogP contribution in [0, 0.1) is 5.82 Å². The highest BCUT2D eigenvalue weighted by Gasteiger charge is 2.36. The highest BCUT2D eigenvalue weighted by atomic mass is 79.9. The first-order valence-corrected chi connectivity index (χ1v) is 9.03. The number of hydrogen-bond donors (Lipinski definition) is 0. The molecular formula is C18H12BrClFN3O2. The van der Waals surface area contributed by atoms with E-state index in [4.69, 9.17) is 16.1 Å². The maximum Gasteiger partial charge on any atom is 0.232 e. The van der Waals surface area contributed by atoms with Gasteiger partial charge >= 0.3 is 0 Å². The smallest absolute Gasteiger partial charge is 0.232 e. The molecule has 1 unspecified atom stereocenters. The largest absolute Gasteiger partial charge is 0.339 e. The lowest BCUT2D eigenvalue weighted by atomic mass is 10.1. The van der Waals surface area contributed by atoms with E-state index >= 15 is 0 Å². The summed E-state index contributed by atoms with van der Waals surface area (Å²) in [6.07, 6.45) is 0.203. The monoisotopic (exact) mass is 435 g/mol. The molecule has 0 saturated carbocycles. The van der Waals surface area contributed by atoms with Crippen molar-refractivity contribution in [2.24, 2.45) is 0 Å². The van der Waals surface area contributed by atoms with Crippen LogP contribution in [0.2, 0.25) is 5.02 Å². The Bertz CT molecular complexity index is 977. The molecule has 0 bridgehead atoms. The second-order valence-electron chi connectivity index (χ2n) is 5.96. The summed E-state index contributed by atoms with van der Waals surface area (Å²) >= 11 is 9.49. The van der Waals surface area contributed by atoms with Gasteiger partial charge in [-0.2, -0.15) is 4.98 Å². The molecule has 8 heteroatoms. The van der Waals surface area contributed by atoms with Gasteiger partial charge in [-0.3, -0.25) is 4.79 Å². The summed E-state index contributed by atoms with van der Waals surface area (Å²) in [5, 5.41) is 4.32. The van der Waals surface area contributed by atoms with Crippen LogP contribution in [0.1, 0.15) is 18.2 Å². The molecule has 4 rings (SSSR count). The highest BCUT2D eigenvalue weighted by Crippen LogP contribution is 2.35. The van der Waals surface area contributed by atoms with Crippen molar-refractivity contribution in [2.75, 3.05) is 11.4 Å². The molecule has 5 nitrogen and oxygen atoms in total. The third kappa shape index (κ3) is 3.24. The van der Waals surface area contributed by atoms with Gasteiger partial charge in [0.25, 0.3) is 0 Å². The molecule has 0 aliphatic carbocycles. The van der Waals surface area contributed by atoms with E-state index in [0.717, 1.165) is 10.0 Å². The van der Waals surface area contributed by atoms with Gasteiger partial charge in [-0.15, -0.1) is 0 Å². The van der Waals surface area contributed by atoms with Crippen molar-refractivity contribution in [2.45, 2.75) is 12.3 Å². The van der Waals surface area contributed by atoms with Gasteiger partial charge in [-0.05, 0) is 42.5 Å². The zero-order valence-corrected chi connectivity index (χ0v) is 15.7. The average Bonchev–Trinajstić information content (AvgIpc) is 3.25. The number of rotatable bonds is 3. The Kier molecular flexibility index (Phi) is 4.50. The second kappa shape index (κ2) is 6.81. The van der Waals surface area contributed by atoms with Crippen LogP contribution in [0.5, 0.6) is 0 Å². The summed E-state index contributed by atoms with van der Waals surface area (Å²) in [5.74, 6) is -0.0335. The lowest BCUT2D eigenvalue weighted by molar-refractivity contribution is -0.117. The molecule has 26 heavy (non-hydrogen) atoms. The molecule has 2 aromatic carbocycles. The Morgan fingerprint density at radius 1 is 1.23 bits per heavy atom. The zero-order chi connectivity index (χ0) is 18.3. The van der Waals surface area contributed by atoms with Crippen molar-refractivity contribution in [3.05, 3.63) is 63.7 Å². The third-order valence-corrected chi connectivity index (χ3v) is 5.07. The number of carbonyl (C=O) groups is 1. The maximum atomic E-state index is 13.5. The van der Waals surface area contributed by atoms with E-state index in [2.05, 4.69) is 26.1 Å². The molecule has 132 valence electrons. The van der Waals surface area contributed by atoms with E-state index in [1.165, 1.54) is 23.1 Å². The van der Waals surface area contributed by atoms with Crippen molar-refractivity contribution in [3.8, 4) is 11.4 Å². The molecule has 1 atom stereocenters. The molecule has 1 aliphatic rings. The number of nitrogens with zero attached hydrogens (tertiary/aromatic N) is 3. The normalized spacial score (nSPS) is 17.1. The molecule has 1 aliphatic heterocycles. The van der Waals surface area contributed by atoms with Gasteiger partial charge in [-0.1, -0.05) is 32.7 Å². The second-order valence-corrected chi connectivity index (χ2v) is 7.29. The summed E-state index contributed by atoms with van der Waals surface area (Å²) in [7, 11) is 0. The first kappa shape index (κ1) is 17.2. The molecule has 0 N–H and O–H groups in total. The van der Waals surface area contributed by atoms with E-state index in [-0.39, 0.29) is 18.2 Å². The molecule has 1 fully saturated rings. The fourth-order valence-corrected chi connectivity index (χ4v) is 3.40. The van der Waals surface area contributed by atoms with Gasteiger partial charge in [0, 0.05) is 23.0 Å². The van der Waals surface area contributed by atoms with E-state index in [1.807, 2.05) is 24.3 Å². The predicted octanol–water partition coefficient (Wildman–Crippen LogP) is 4.81. The minimum absolute atomic E-state index is 0.161. The molecule has 3 aromatic rings. The first-order chi connectivity index (χ1) is 12.5. The summed E-state index contributed by atoms with van der Waals surface area (Å²) in [5.41, 5.74) is 1.17. The Morgan fingerprint density at radius 3 is 2.77 bits per heavy atom. The van der Waals surface area contributed by atoms with E-state index in [0.29, 0.717) is 29.0 Å². The molecule has 2 heterocycles. The summed E-state index contributed by atoms with van der Waals surface area (Å²) in [4.78, 5) is 18.3. The maximum absolute atomic E-state index is 13.5. The Morgan fingerprint density at radius 2 is 2.00 bits per heavy atom. The van der Waals surface area contributed by atoms with Crippen LogP contribution in [0.3, 0.4) is 0 Å². The minimum Gasteiger partial charge on any atom is -0.339 e. The standard InChI is InChI=1S/C18H12BrClFN3O2/c19-12-3-1-10(2-4-12)17-22-18(26-23-17)11-7-16(25)24(9-11)15-8-13(21)5-6-14(15)20/h1-6,8,11H,7,9H2. The van der Waals surface area contributed by atoms with Crippen LogP contribution >= 0.6 is 27.5 Å². The van der Waals surface area contributed by atoms with Crippen LogP contribution in [0.25, 0.3) is 11.4 Å². The average molecular weight is 437 g/mol. The van der Waals surface area contributed by atoms with Crippen LogP contribution in [0.4, 0.5) is 10.1 Å². The van der Waals surface area contributed by atoms with Crippen molar-refractivity contribution >= 4 is 39.1 Å². The van der Waals surface area contributed by atoms with Crippen molar-refractivity contribution < 1.29 is 13.7 Å². The van der Waals surface area contributed by atoms with Crippen molar-refractivity contribution in [3.63, 3.8) is 0 Å². The number of carbonyl (C=O) groups excluding carboxylic acids is 1. The van der Waals surface area contributed by atoms with Gasteiger partial charge in [0.1, 0.15) is 5.82 Å². The summed E-state index contributed by atoms with van der Waals surface area (Å²) in [6.45, 7) is 0.310. The van der Waals surface area contributed by atoms with E-state index < -0.39 is 5.82 Å². The minimum atomic E-state index is -0.448. The zero-order valence-electron chi connectivity index (χ0n) is 13.3. The molecule has 1 saturated heterocycles. The van der Waals surface area contributed by atoms with E-state index in [1.54, 1.807) is 0 Å². The van der Waals surface area contributed by atoms with Crippen LogP contribution in [0.15, 0.2) is 51.5 Å². The third-order valence-electron chi connectivity index (χ3n) is 4.22. The summed E-state index contributed by atoms with van der Waals surface area (Å²) < 4.78 is 19.8. The van der Waals surface area contributed by atoms with Gasteiger partial charge in [0.15, 0.2) is 0 Å². The van der Waals surface area contributed by atoms with Gasteiger partial charge in [0.05, 0.1) is 16.6 Å². The lowest BCUT2D eigenvalue weighted by Gasteiger charge is -2.17. The lowest BCUT2D eigenvalue weighted by Crippen LogP contribution is -2.24. The number of halogens is 3. The molecule has 0 spiro atoms. The van der Waals surface area contributed by atoms with Crippen LogP contribution in [-0.2, 0) is 4.79 Å². The number of hydrogen-bond acceptors (Lipinski definition) is 4.